The van der Waals surface area contributed by atoms with Crippen molar-refractivity contribution in [2.45, 2.75) is 51.2 Å². The van der Waals surface area contributed by atoms with Gasteiger partial charge in [-0.2, -0.15) is 5.26 Å². The molecule has 5 heteroatoms. The van der Waals surface area contributed by atoms with Gasteiger partial charge in [0, 0.05) is 18.6 Å². The summed E-state index contributed by atoms with van der Waals surface area (Å²) >= 11 is 0. The third kappa shape index (κ3) is 4.97. The molecule has 2 rings (SSSR count). The van der Waals surface area contributed by atoms with Crippen LogP contribution >= 0.6 is 0 Å². The van der Waals surface area contributed by atoms with Crippen molar-refractivity contribution >= 4 is 5.91 Å². The minimum absolute atomic E-state index is 0.00601. The number of aliphatic hydroxyl groups is 1. The molecule has 1 aromatic carbocycles. The molecule has 2 N–H and O–H groups in total. The van der Waals surface area contributed by atoms with Crippen LogP contribution < -0.4 is 10.1 Å². The second kappa shape index (κ2) is 8.54. The number of carbonyl (C=O) groups excluding carboxylic acids is 1. The largest absolute Gasteiger partial charge is 0.481 e. The summed E-state index contributed by atoms with van der Waals surface area (Å²) in [5.74, 6) is 0.444. The van der Waals surface area contributed by atoms with Crippen molar-refractivity contribution in [3.05, 3.63) is 29.8 Å². The summed E-state index contributed by atoms with van der Waals surface area (Å²) in [7, 11) is 0. The SMILES string of the molecule is CC(Oc1cccc(C#N)c1)C(=O)NC1CCCCCC1CO. The van der Waals surface area contributed by atoms with E-state index in [9.17, 15) is 9.90 Å². The van der Waals surface area contributed by atoms with Crippen molar-refractivity contribution in [1.29, 1.82) is 5.26 Å². The topological polar surface area (TPSA) is 82.3 Å². The predicted octanol–water partition coefficient (Wildman–Crippen LogP) is 2.38. The zero-order valence-electron chi connectivity index (χ0n) is 13.5. The number of rotatable bonds is 5. The van der Waals surface area contributed by atoms with Crippen LogP contribution in [0.4, 0.5) is 0 Å². The Bertz CT molecular complexity index is 568. The number of hydrogen-bond acceptors (Lipinski definition) is 4. The van der Waals surface area contributed by atoms with E-state index >= 15 is 0 Å². The van der Waals surface area contributed by atoms with E-state index in [1.54, 1.807) is 31.2 Å². The van der Waals surface area contributed by atoms with Gasteiger partial charge in [-0.1, -0.05) is 25.3 Å². The van der Waals surface area contributed by atoms with E-state index in [1.807, 2.05) is 6.07 Å². The van der Waals surface area contributed by atoms with E-state index in [4.69, 9.17) is 10.00 Å². The van der Waals surface area contributed by atoms with E-state index in [1.165, 1.54) is 0 Å². The molecular formula is C18H24N2O3. The Morgan fingerprint density at radius 3 is 2.96 bits per heavy atom. The molecular weight excluding hydrogens is 292 g/mol. The molecule has 3 atom stereocenters. The van der Waals surface area contributed by atoms with Crippen LogP contribution in [-0.4, -0.2) is 29.8 Å². The van der Waals surface area contributed by atoms with E-state index in [2.05, 4.69) is 5.32 Å². The van der Waals surface area contributed by atoms with Gasteiger partial charge in [0.2, 0.25) is 0 Å². The average molecular weight is 316 g/mol. The molecule has 1 saturated carbocycles. The first-order chi connectivity index (χ1) is 11.1. The fourth-order valence-electron chi connectivity index (χ4n) is 2.99. The summed E-state index contributed by atoms with van der Waals surface area (Å²) in [5, 5.41) is 21.4. The Balaban J connectivity index is 1.94. The molecule has 124 valence electrons. The highest BCUT2D eigenvalue weighted by atomic mass is 16.5. The van der Waals surface area contributed by atoms with E-state index in [0.29, 0.717) is 11.3 Å². The number of carbonyl (C=O) groups is 1. The Kier molecular flexibility index (Phi) is 6.42. The van der Waals surface area contributed by atoms with Crippen LogP contribution in [0.1, 0.15) is 44.6 Å². The molecule has 1 amide bonds. The van der Waals surface area contributed by atoms with Crippen LogP contribution in [0.5, 0.6) is 5.75 Å². The number of hydrogen-bond donors (Lipinski definition) is 2. The Morgan fingerprint density at radius 2 is 2.22 bits per heavy atom. The Morgan fingerprint density at radius 1 is 1.43 bits per heavy atom. The lowest BCUT2D eigenvalue weighted by atomic mass is 9.95. The maximum atomic E-state index is 12.4. The molecule has 0 aromatic heterocycles. The van der Waals surface area contributed by atoms with Gasteiger partial charge in [0.1, 0.15) is 5.75 Å². The van der Waals surface area contributed by atoms with Crippen molar-refractivity contribution in [2.24, 2.45) is 5.92 Å². The number of ether oxygens (including phenoxy) is 1. The zero-order valence-corrected chi connectivity index (χ0v) is 13.5. The quantitative estimate of drug-likeness (QED) is 0.817. The highest BCUT2D eigenvalue weighted by molar-refractivity contribution is 5.81. The highest BCUT2D eigenvalue weighted by Gasteiger charge is 2.26. The standard InChI is InChI=1S/C18H24N2O3/c1-13(23-16-8-5-6-14(10-16)11-19)18(22)20-17-9-4-2-3-7-15(17)12-21/h5-6,8,10,13,15,17,21H,2-4,7,9,12H2,1H3,(H,20,22). The first kappa shape index (κ1) is 17.3. The van der Waals surface area contributed by atoms with Crippen molar-refractivity contribution in [3.8, 4) is 11.8 Å². The van der Waals surface area contributed by atoms with Crippen LogP contribution in [0.3, 0.4) is 0 Å². The molecule has 5 nitrogen and oxygen atoms in total. The van der Waals surface area contributed by atoms with Gasteiger partial charge in [-0.25, -0.2) is 0 Å². The van der Waals surface area contributed by atoms with Crippen molar-refractivity contribution in [1.82, 2.24) is 5.32 Å². The average Bonchev–Trinajstić information content (AvgIpc) is 2.79. The van der Waals surface area contributed by atoms with Gasteiger partial charge in [-0.3, -0.25) is 4.79 Å². The van der Waals surface area contributed by atoms with Crippen molar-refractivity contribution < 1.29 is 14.6 Å². The van der Waals surface area contributed by atoms with Crippen LogP contribution in [-0.2, 0) is 4.79 Å². The minimum atomic E-state index is -0.647. The number of nitrogens with one attached hydrogen (secondary N) is 1. The fourth-order valence-corrected chi connectivity index (χ4v) is 2.99. The zero-order chi connectivity index (χ0) is 16.7. The van der Waals surface area contributed by atoms with E-state index in [0.717, 1.165) is 32.1 Å². The summed E-state index contributed by atoms with van der Waals surface area (Å²) in [4.78, 5) is 12.4. The summed E-state index contributed by atoms with van der Waals surface area (Å²) in [6.07, 6.45) is 4.52. The first-order valence-electron chi connectivity index (χ1n) is 8.22. The number of nitrogens with zero attached hydrogens (tertiary/aromatic N) is 1. The molecule has 1 aromatic rings. The van der Waals surface area contributed by atoms with Gasteiger partial charge in [-0.05, 0) is 38.0 Å². The predicted molar refractivity (Wildman–Crippen MR) is 86.8 cm³/mol. The van der Waals surface area contributed by atoms with Gasteiger partial charge >= 0.3 is 0 Å². The van der Waals surface area contributed by atoms with Gasteiger partial charge in [0.25, 0.3) is 5.91 Å². The number of nitriles is 1. The molecule has 23 heavy (non-hydrogen) atoms. The summed E-state index contributed by atoms with van der Waals surface area (Å²) < 4.78 is 5.63. The highest BCUT2D eigenvalue weighted by Crippen LogP contribution is 2.23. The molecule has 1 aliphatic carbocycles. The van der Waals surface area contributed by atoms with Gasteiger partial charge in [0.15, 0.2) is 6.10 Å². The molecule has 0 aliphatic heterocycles. The minimum Gasteiger partial charge on any atom is -0.481 e. The number of aliphatic hydroxyl groups excluding tert-OH is 1. The molecule has 0 bridgehead atoms. The Labute approximate surface area is 137 Å². The molecule has 0 heterocycles. The lowest BCUT2D eigenvalue weighted by Gasteiger charge is -2.26. The monoisotopic (exact) mass is 316 g/mol. The van der Waals surface area contributed by atoms with E-state index < -0.39 is 6.10 Å². The third-order valence-electron chi connectivity index (χ3n) is 4.37. The summed E-state index contributed by atoms with van der Waals surface area (Å²) in [6.45, 7) is 1.80. The molecule has 0 saturated heterocycles. The number of benzene rings is 1. The maximum absolute atomic E-state index is 12.4. The molecule has 1 fully saturated rings. The molecule has 1 aliphatic rings. The van der Waals surface area contributed by atoms with Crippen LogP contribution in [0.2, 0.25) is 0 Å². The van der Waals surface area contributed by atoms with Crippen molar-refractivity contribution in [2.75, 3.05) is 6.61 Å². The lowest BCUT2D eigenvalue weighted by Crippen LogP contribution is -2.46. The maximum Gasteiger partial charge on any atom is 0.261 e. The van der Waals surface area contributed by atoms with Crippen LogP contribution in [0.15, 0.2) is 24.3 Å². The third-order valence-corrected chi connectivity index (χ3v) is 4.37. The van der Waals surface area contributed by atoms with Crippen molar-refractivity contribution in [3.63, 3.8) is 0 Å². The number of amides is 1. The fraction of sp³-hybridized carbons (Fsp3) is 0.556. The molecule has 0 spiro atoms. The summed E-state index contributed by atoms with van der Waals surface area (Å²) in [5.41, 5.74) is 0.499. The second-order valence-corrected chi connectivity index (χ2v) is 6.10. The normalized spacial score (nSPS) is 22.5. The molecule has 0 radical (unpaired) electrons. The van der Waals surface area contributed by atoms with Crippen LogP contribution in [0.25, 0.3) is 0 Å². The first-order valence-corrected chi connectivity index (χ1v) is 8.22. The second-order valence-electron chi connectivity index (χ2n) is 6.10. The van der Waals surface area contributed by atoms with Gasteiger partial charge in [0.05, 0.1) is 11.6 Å². The lowest BCUT2D eigenvalue weighted by molar-refractivity contribution is -0.128. The summed E-state index contributed by atoms with van der Waals surface area (Å²) in [6, 6.07) is 8.82. The smallest absolute Gasteiger partial charge is 0.261 e. The van der Waals surface area contributed by atoms with Gasteiger partial charge < -0.3 is 15.2 Å². The van der Waals surface area contributed by atoms with Crippen LogP contribution in [0, 0.1) is 17.2 Å². The Hall–Kier alpha value is -2.06. The molecule has 3 unspecified atom stereocenters. The van der Waals surface area contributed by atoms with E-state index in [-0.39, 0.29) is 24.5 Å². The van der Waals surface area contributed by atoms with Gasteiger partial charge in [-0.15, -0.1) is 0 Å².